The van der Waals surface area contributed by atoms with Gasteiger partial charge in [0, 0.05) is 39.3 Å². The Hall–Kier alpha value is -0.800. The van der Waals surface area contributed by atoms with Gasteiger partial charge in [-0.1, -0.05) is 156 Å². The highest BCUT2D eigenvalue weighted by Gasteiger charge is 2.15. The van der Waals surface area contributed by atoms with Gasteiger partial charge in [0.25, 0.3) is 0 Å². The lowest BCUT2D eigenvalue weighted by Crippen LogP contribution is -2.25. The fourth-order valence-electron chi connectivity index (χ4n) is 5.80. The second kappa shape index (κ2) is 43.9. The first-order valence-corrected chi connectivity index (χ1v) is 22.8. The Kier molecular flexibility index (Phi) is 43.3. The Labute approximate surface area is 330 Å². The summed E-state index contributed by atoms with van der Waals surface area (Å²) in [5.74, 6) is 0. The third-order valence-corrected chi connectivity index (χ3v) is 9.26. The molecule has 2 unspecified atom stereocenters. The van der Waals surface area contributed by atoms with E-state index in [1.54, 1.807) is 0 Å². The van der Waals surface area contributed by atoms with Crippen molar-refractivity contribution in [3.8, 4) is 0 Å². The second-order valence-corrected chi connectivity index (χ2v) is 14.6. The molecule has 0 bridgehead atoms. The largest absolute Gasteiger partial charge is 0.353 e. The van der Waals surface area contributed by atoms with Crippen LogP contribution >= 0.6 is 0 Å². The lowest BCUT2D eigenvalue weighted by atomic mass is 10.2. The zero-order chi connectivity index (χ0) is 38.7. The van der Waals surface area contributed by atoms with Crippen LogP contribution in [0.15, 0.2) is 24.3 Å². The number of allylic oxidation sites excluding steroid dienone is 2. The highest BCUT2D eigenvalue weighted by atomic mass is 16.8. The van der Waals surface area contributed by atoms with E-state index in [0.717, 1.165) is 116 Å². The smallest absolute Gasteiger partial charge is 0.180 e. The molecule has 0 amide bonds. The van der Waals surface area contributed by atoms with Crippen LogP contribution < -0.4 is 0 Å². The van der Waals surface area contributed by atoms with Gasteiger partial charge in [0.05, 0.1) is 13.2 Å². The van der Waals surface area contributed by atoms with Crippen molar-refractivity contribution < 1.29 is 33.2 Å². The summed E-state index contributed by atoms with van der Waals surface area (Å²) in [4.78, 5) is 0. The summed E-state index contributed by atoms with van der Waals surface area (Å²) in [6, 6.07) is 0. The van der Waals surface area contributed by atoms with Crippen LogP contribution in [0.1, 0.15) is 208 Å². The summed E-state index contributed by atoms with van der Waals surface area (Å²) in [6.07, 6.45) is 36.2. The van der Waals surface area contributed by atoms with Crippen LogP contribution in [0.4, 0.5) is 0 Å². The Morgan fingerprint density at radius 1 is 0.321 bits per heavy atom. The molecule has 0 aliphatic carbocycles. The van der Waals surface area contributed by atoms with E-state index in [9.17, 15) is 0 Å². The average Bonchev–Trinajstić information content (AvgIpc) is 3.16. The molecule has 0 radical (unpaired) electrons. The molecule has 0 aromatic carbocycles. The molecule has 0 aromatic rings. The third kappa shape index (κ3) is 37.9. The van der Waals surface area contributed by atoms with Crippen molar-refractivity contribution >= 4 is 0 Å². The molecule has 0 aliphatic rings. The SMILES string of the molecule is CCCCCCOC(CCC=CC(OCCCCC)OC(C=CCCC(OCCCCCC)OCCCCCC)OCCCCC)OCCCCCC. The maximum absolute atomic E-state index is 6.49. The minimum atomic E-state index is -0.485. The minimum Gasteiger partial charge on any atom is -0.353 e. The summed E-state index contributed by atoms with van der Waals surface area (Å²) >= 11 is 0. The Morgan fingerprint density at radius 3 is 0.887 bits per heavy atom. The fraction of sp³-hybridized carbons (Fsp3) is 0.913. The highest BCUT2D eigenvalue weighted by Crippen LogP contribution is 2.15. The van der Waals surface area contributed by atoms with Gasteiger partial charge in [-0.25, -0.2) is 0 Å². The zero-order valence-corrected chi connectivity index (χ0v) is 36.1. The molecule has 53 heavy (non-hydrogen) atoms. The van der Waals surface area contributed by atoms with Crippen LogP contribution in [-0.4, -0.2) is 64.8 Å². The van der Waals surface area contributed by atoms with Crippen LogP contribution in [0.5, 0.6) is 0 Å². The number of hydrogen-bond acceptors (Lipinski definition) is 7. The maximum atomic E-state index is 6.49. The van der Waals surface area contributed by atoms with E-state index in [0.29, 0.717) is 13.2 Å². The molecule has 0 rings (SSSR count). The standard InChI is InChI=1S/C46H90O7/c1-7-13-19-29-39-47-43(48-40-30-20-14-8-2)33-23-25-35-45(51-37-27-17-11-5)53-46(52-38-28-18-12-6)36-26-24-34-44(49-41-31-21-15-9-3)50-42-32-22-16-10-4/h25-26,35-36,43-46H,7-24,27-34,37-42H2,1-6H3. The lowest BCUT2D eigenvalue weighted by molar-refractivity contribution is -0.208. The highest BCUT2D eigenvalue weighted by molar-refractivity contribution is 4.90. The molecule has 0 spiro atoms. The third-order valence-electron chi connectivity index (χ3n) is 9.26. The molecule has 0 aromatic heterocycles. The molecular weight excluding hydrogens is 664 g/mol. The van der Waals surface area contributed by atoms with Crippen LogP contribution in [0, 0.1) is 0 Å². The lowest BCUT2D eigenvalue weighted by Gasteiger charge is -2.22. The minimum absolute atomic E-state index is 0.171. The van der Waals surface area contributed by atoms with Gasteiger partial charge >= 0.3 is 0 Å². The summed E-state index contributed by atoms with van der Waals surface area (Å²) < 4.78 is 43.9. The van der Waals surface area contributed by atoms with Gasteiger partial charge in [0.1, 0.15) is 0 Å². The van der Waals surface area contributed by atoms with Gasteiger partial charge in [-0.2, -0.15) is 0 Å². The Balaban J connectivity index is 5.42. The topological polar surface area (TPSA) is 64.6 Å². The summed E-state index contributed by atoms with van der Waals surface area (Å²) in [5, 5.41) is 0. The molecule has 7 nitrogen and oxygen atoms in total. The summed E-state index contributed by atoms with van der Waals surface area (Å²) in [5.41, 5.74) is 0. The Bertz CT molecular complexity index is 657. The van der Waals surface area contributed by atoms with Crippen molar-refractivity contribution in [1.82, 2.24) is 0 Å². The van der Waals surface area contributed by atoms with Crippen molar-refractivity contribution in [3.63, 3.8) is 0 Å². The maximum Gasteiger partial charge on any atom is 0.180 e. The molecule has 7 heteroatoms. The molecule has 0 saturated heterocycles. The molecule has 316 valence electrons. The van der Waals surface area contributed by atoms with E-state index in [2.05, 4.69) is 65.8 Å². The van der Waals surface area contributed by atoms with E-state index < -0.39 is 12.6 Å². The Morgan fingerprint density at radius 2 is 0.585 bits per heavy atom. The normalized spacial score (nSPS) is 13.4. The van der Waals surface area contributed by atoms with Crippen molar-refractivity contribution in [2.45, 2.75) is 234 Å². The molecule has 0 N–H and O–H groups in total. The van der Waals surface area contributed by atoms with Gasteiger partial charge in [0.2, 0.25) is 0 Å². The van der Waals surface area contributed by atoms with E-state index in [1.807, 2.05) is 0 Å². The molecule has 0 saturated carbocycles. The quantitative estimate of drug-likeness (QED) is 0.0349. The van der Waals surface area contributed by atoms with Crippen molar-refractivity contribution in [1.29, 1.82) is 0 Å². The number of rotatable bonds is 44. The first-order chi connectivity index (χ1) is 26.1. The monoisotopic (exact) mass is 755 g/mol. The number of ether oxygens (including phenoxy) is 7. The van der Waals surface area contributed by atoms with Crippen molar-refractivity contribution in [2.75, 3.05) is 39.6 Å². The van der Waals surface area contributed by atoms with Crippen LogP contribution in [0.25, 0.3) is 0 Å². The van der Waals surface area contributed by atoms with Crippen molar-refractivity contribution in [3.05, 3.63) is 24.3 Å². The molecule has 2 atom stereocenters. The summed E-state index contributed by atoms with van der Waals surface area (Å²) in [7, 11) is 0. The van der Waals surface area contributed by atoms with E-state index in [-0.39, 0.29) is 12.6 Å². The predicted octanol–water partition coefficient (Wildman–Crippen LogP) is 13.8. The van der Waals surface area contributed by atoms with Crippen LogP contribution in [-0.2, 0) is 33.2 Å². The van der Waals surface area contributed by atoms with Crippen LogP contribution in [0.3, 0.4) is 0 Å². The molecule has 0 fully saturated rings. The average molecular weight is 755 g/mol. The number of unbranched alkanes of at least 4 members (excludes halogenated alkanes) is 16. The number of hydrogen-bond donors (Lipinski definition) is 0. The second-order valence-electron chi connectivity index (χ2n) is 14.6. The molecular formula is C46H90O7. The van der Waals surface area contributed by atoms with Gasteiger partial charge < -0.3 is 33.2 Å². The van der Waals surface area contributed by atoms with Crippen molar-refractivity contribution in [2.24, 2.45) is 0 Å². The van der Waals surface area contributed by atoms with E-state index >= 15 is 0 Å². The fourth-order valence-corrected chi connectivity index (χ4v) is 5.80. The van der Waals surface area contributed by atoms with Crippen LogP contribution in [0.2, 0.25) is 0 Å². The zero-order valence-electron chi connectivity index (χ0n) is 36.1. The first kappa shape index (κ1) is 52.2. The molecule has 0 aliphatic heterocycles. The molecule has 0 heterocycles. The van der Waals surface area contributed by atoms with E-state index in [1.165, 1.54) is 77.0 Å². The van der Waals surface area contributed by atoms with Gasteiger partial charge in [-0.05, 0) is 63.5 Å². The first-order valence-electron chi connectivity index (χ1n) is 22.8. The van der Waals surface area contributed by atoms with Gasteiger partial charge in [0.15, 0.2) is 25.2 Å². The van der Waals surface area contributed by atoms with Gasteiger partial charge in [-0.3, -0.25) is 0 Å². The van der Waals surface area contributed by atoms with Gasteiger partial charge in [-0.15, -0.1) is 0 Å². The summed E-state index contributed by atoms with van der Waals surface area (Å²) in [6.45, 7) is 17.8. The predicted molar refractivity (Wildman–Crippen MR) is 224 cm³/mol. The van der Waals surface area contributed by atoms with E-state index in [4.69, 9.17) is 33.2 Å².